The van der Waals surface area contributed by atoms with Gasteiger partial charge in [-0.15, -0.1) is 0 Å². The molecule has 0 spiro atoms. The lowest BCUT2D eigenvalue weighted by Crippen LogP contribution is -2.48. The van der Waals surface area contributed by atoms with E-state index in [1.165, 1.54) is 0 Å². The molecule has 6 heteroatoms. The van der Waals surface area contributed by atoms with E-state index in [1.54, 1.807) is 30.1 Å². The van der Waals surface area contributed by atoms with E-state index in [0.717, 1.165) is 0 Å². The highest BCUT2D eigenvalue weighted by atomic mass is 79.9. The highest BCUT2D eigenvalue weighted by Crippen LogP contribution is 2.20. The van der Waals surface area contributed by atoms with Crippen LogP contribution in [-0.2, 0) is 4.79 Å². The van der Waals surface area contributed by atoms with Crippen LogP contribution >= 0.6 is 15.9 Å². The van der Waals surface area contributed by atoms with Gasteiger partial charge in [-0.2, -0.15) is 0 Å². The van der Waals surface area contributed by atoms with E-state index in [-0.39, 0.29) is 17.9 Å². The molecule has 1 aliphatic heterocycles. The largest absolute Gasteiger partial charge is 0.399 e. The van der Waals surface area contributed by atoms with Gasteiger partial charge in [-0.05, 0) is 40.5 Å². The summed E-state index contributed by atoms with van der Waals surface area (Å²) in [5.74, 6) is -0.0532. The molecule has 1 heterocycles. The fourth-order valence-corrected chi connectivity index (χ4v) is 2.54. The van der Waals surface area contributed by atoms with Gasteiger partial charge in [0.1, 0.15) is 0 Å². The van der Waals surface area contributed by atoms with E-state index in [0.29, 0.717) is 35.1 Å². The summed E-state index contributed by atoms with van der Waals surface area (Å²) < 4.78 is 0.708. The normalized spacial score (nSPS) is 19.4. The Balaban J connectivity index is 2.05. The molecule has 1 aromatic carbocycles. The number of hydrogen-bond acceptors (Lipinski definition) is 3. The van der Waals surface area contributed by atoms with E-state index in [4.69, 9.17) is 5.73 Å². The minimum absolute atomic E-state index is 0.0106. The monoisotopic (exact) mass is 325 g/mol. The van der Waals surface area contributed by atoms with E-state index < -0.39 is 0 Å². The van der Waals surface area contributed by atoms with Crippen molar-refractivity contribution in [1.82, 2.24) is 10.2 Å². The first kappa shape index (κ1) is 13.9. The number of piperidine rings is 1. The van der Waals surface area contributed by atoms with Crippen molar-refractivity contribution in [3.05, 3.63) is 28.2 Å². The second-order valence-electron chi connectivity index (χ2n) is 4.72. The van der Waals surface area contributed by atoms with E-state index in [1.807, 2.05) is 0 Å². The molecule has 3 N–H and O–H groups in total. The second kappa shape index (κ2) is 5.61. The number of rotatable bonds is 2. The van der Waals surface area contributed by atoms with Gasteiger partial charge in [0.15, 0.2) is 0 Å². The summed E-state index contributed by atoms with van der Waals surface area (Å²) in [6, 6.07) is 5.11. The lowest BCUT2D eigenvalue weighted by molar-refractivity contribution is -0.132. The molecule has 1 aliphatic rings. The van der Waals surface area contributed by atoms with E-state index in [9.17, 15) is 9.59 Å². The molecule has 0 bridgehead atoms. The number of carbonyl (C=O) groups excluding carboxylic acids is 2. The number of likely N-dealkylation sites (tertiary alicyclic amines) is 1. The Morgan fingerprint density at radius 3 is 2.95 bits per heavy atom. The van der Waals surface area contributed by atoms with Crippen LogP contribution in [0.4, 0.5) is 5.69 Å². The Labute approximate surface area is 120 Å². The van der Waals surface area contributed by atoms with E-state index >= 15 is 0 Å². The molecule has 0 saturated carbocycles. The molecule has 19 heavy (non-hydrogen) atoms. The number of carbonyl (C=O) groups is 2. The summed E-state index contributed by atoms with van der Waals surface area (Å²) in [5, 5.41) is 2.94. The van der Waals surface area contributed by atoms with Crippen LogP contribution in [0.25, 0.3) is 0 Å². The van der Waals surface area contributed by atoms with Gasteiger partial charge in [0.2, 0.25) is 5.91 Å². The predicted molar refractivity (Wildman–Crippen MR) is 76.7 cm³/mol. The maximum atomic E-state index is 12.2. The molecule has 102 valence electrons. The Bertz CT molecular complexity index is 519. The minimum atomic E-state index is -0.174. The maximum Gasteiger partial charge on any atom is 0.252 e. The number of nitrogen functional groups attached to an aromatic ring is 1. The van der Waals surface area contributed by atoms with Crippen molar-refractivity contribution in [3.8, 4) is 0 Å². The van der Waals surface area contributed by atoms with Crippen LogP contribution in [0, 0.1) is 0 Å². The molecule has 5 nitrogen and oxygen atoms in total. The van der Waals surface area contributed by atoms with Crippen molar-refractivity contribution < 1.29 is 9.59 Å². The zero-order valence-corrected chi connectivity index (χ0v) is 12.2. The zero-order chi connectivity index (χ0) is 14.0. The molecule has 1 atom stereocenters. The summed E-state index contributed by atoms with van der Waals surface area (Å²) in [7, 11) is 1.75. The van der Waals surface area contributed by atoms with Gasteiger partial charge in [0.25, 0.3) is 5.91 Å². The molecule has 0 aliphatic carbocycles. The van der Waals surface area contributed by atoms with E-state index in [2.05, 4.69) is 21.2 Å². The number of hydrogen-bond donors (Lipinski definition) is 2. The average Bonchev–Trinajstić information content (AvgIpc) is 2.36. The van der Waals surface area contributed by atoms with Gasteiger partial charge < -0.3 is 16.0 Å². The maximum absolute atomic E-state index is 12.2. The summed E-state index contributed by atoms with van der Waals surface area (Å²) >= 11 is 3.34. The third kappa shape index (κ3) is 3.26. The van der Waals surface area contributed by atoms with Crippen LogP contribution in [0.15, 0.2) is 22.7 Å². The SMILES string of the molecule is CN1CC(NC(=O)c2cc(N)ccc2Br)CCC1=O. The van der Waals surface area contributed by atoms with Crippen molar-refractivity contribution in [2.75, 3.05) is 19.3 Å². The number of amides is 2. The zero-order valence-electron chi connectivity index (χ0n) is 10.6. The highest BCUT2D eigenvalue weighted by Gasteiger charge is 2.24. The Kier molecular flexibility index (Phi) is 4.09. The fraction of sp³-hybridized carbons (Fsp3) is 0.385. The van der Waals surface area contributed by atoms with Gasteiger partial charge >= 0.3 is 0 Å². The summed E-state index contributed by atoms with van der Waals surface area (Å²) in [6.45, 7) is 0.546. The molecular weight excluding hydrogens is 310 g/mol. The van der Waals surface area contributed by atoms with Gasteiger partial charge in [0.05, 0.1) is 5.56 Å². The number of nitrogens with zero attached hydrogens (tertiary/aromatic N) is 1. The number of anilines is 1. The average molecular weight is 326 g/mol. The van der Waals surface area contributed by atoms with Crippen molar-refractivity contribution in [2.24, 2.45) is 0 Å². The smallest absolute Gasteiger partial charge is 0.252 e. The number of benzene rings is 1. The first-order valence-corrected chi connectivity index (χ1v) is 6.86. The first-order chi connectivity index (χ1) is 8.97. The van der Waals surface area contributed by atoms with Gasteiger partial charge in [0, 0.05) is 36.2 Å². The lowest BCUT2D eigenvalue weighted by atomic mass is 10.0. The van der Waals surface area contributed by atoms with Gasteiger partial charge in [-0.3, -0.25) is 9.59 Å². The highest BCUT2D eigenvalue weighted by molar-refractivity contribution is 9.10. The summed E-state index contributed by atoms with van der Waals surface area (Å²) in [6.07, 6.45) is 1.15. The van der Waals surface area contributed by atoms with Crippen LogP contribution in [0.2, 0.25) is 0 Å². The number of likely N-dealkylation sites (N-methyl/N-ethyl adjacent to an activating group) is 1. The third-order valence-electron chi connectivity index (χ3n) is 3.20. The van der Waals surface area contributed by atoms with Crippen LogP contribution in [0.5, 0.6) is 0 Å². The van der Waals surface area contributed by atoms with Crippen LogP contribution in [-0.4, -0.2) is 36.3 Å². The lowest BCUT2D eigenvalue weighted by Gasteiger charge is -2.30. The van der Waals surface area contributed by atoms with Crippen molar-refractivity contribution in [2.45, 2.75) is 18.9 Å². The van der Waals surface area contributed by atoms with Gasteiger partial charge in [-0.25, -0.2) is 0 Å². The quantitative estimate of drug-likeness (QED) is 0.807. The number of nitrogens with one attached hydrogen (secondary N) is 1. The van der Waals surface area contributed by atoms with Crippen molar-refractivity contribution >= 4 is 33.4 Å². The molecule has 0 aromatic heterocycles. The fourth-order valence-electron chi connectivity index (χ4n) is 2.11. The van der Waals surface area contributed by atoms with Crippen molar-refractivity contribution in [1.29, 1.82) is 0 Å². The Hall–Kier alpha value is -1.56. The van der Waals surface area contributed by atoms with Gasteiger partial charge in [-0.1, -0.05) is 0 Å². The topological polar surface area (TPSA) is 75.4 Å². The van der Waals surface area contributed by atoms with Crippen molar-refractivity contribution in [3.63, 3.8) is 0 Å². The van der Waals surface area contributed by atoms with Crippen LogP contribution < -0.4 is 11.1 Å². The van der Waals surface area contributed by atoms with Crippen LogP contribution in [0.1, 0.15) is 23.2 Å². The summed E-state index contributed by atoms with van der Waals surface area (Å²) in [4.78, 5) is 25.2. The molecular formula is C13H16BrN3O2. The molecule has 2 rings (SSSR count). The number of nitrogens with two attached hydrogens (primary N) is 1. The summed E-state index contributed by atoms with van der Waals surface area (Å²) in [5.41, 5.74) is 6.74. The molecule has 1 fully saturated rings. The molecule has 1 aromatic rings. The van der Waals surface area contributed by atoms with Crippen LogP contribution in [0.3, 0.4) is 0 Å². The molecule has 0 radical (unpaired) electrons. The molecule has 1 saturated heterocycles. The predicted octanol–water partition coefficient (Wildman–Crippen LogP) is 1.38. The Morgan fingerprint density at radius 2 is 2.26 bits per heavy atom. The number of halogens is 1. The molecule has 1 unspecified atom stereocenters. The second-order valence-corrected chi connectivity index (χ2v) is 5.58. The standard InChI is InChI=1S/C13H16BrN3O2/c1-17-7-9(3-5-12(17)18)16-13(19)10-6-8(15)2-4-11(10)14/h2,4,6,9H,3,5,7,15H2,1H3,(H,16,19). The minimum Gasteiger partial charge on any atom is -0.399 e. The first-order valence-electron chi connectivity index (χ1n) is 6.07. The Morgan fingerprint density at radius 1 is 1.53 bits per heavy atom. The molecule has 2 amide bonds. The third-order valence-corrected chi connectivity index (χ3v) is 3.89.